The molecule has 8 heteroatoms. The van der Waals surface area contributed by atoms with Gasteiger partial charge < -0.3 is 19.3 Å². The van der Waals surface area contributed by atoms with E-state index in [4.69, 9.17) is 25.6 Å². The highest BCUT2D eigenvalue weighted by Crippen LogP contribution is 2.28. The second-order valence-electron chi connectivity index (χ2n) is 5.32. The van der Waals surface area contributed by atoms with Crippen LogP contribution in [0.4, 0.5) is 5.69 Å². The van der Waals surface area contributed by atoms with Gasteiger partial charge in [0.1, 0.15) is 11.5 Å². The zero-order valence-corrected chi connectivity index (χ0v) is 14.9. The number of aromatic nitrogens is 2. The quantitative estimate of drug-likeness (QED) is 0.705. The van der Waals surface area contributed by atoms with Crippen molar-refractivity contribution in [2.24, 2.45) is 0 Å². The molecule has 3 aromatic rings. The van der Waals surface area contributed by atoms with E-state index in [9.17, 15) is 4.79 Å². The molecule has 0 radical (unpaired) electrons. The van der Waals surface area contributed by atoms with Gasteiger partial charge in [-0.15, -0.1) is 0 Å². The molecule has 0 aliphatic carbocycles. The molecular weight excluding hydrogens is 358 g/mol. The number of carbonyl (C=O) groups excluding carboxylic acids is 1. The molecule has 0 fully saturated rings. The number of carbonyl (C=O) groups is 1. The molecule has 26 heavy (non-hydrogen) atoms. The number of methoxy groups -OCH3 is 1. The van der Waals surface area contributed by atoms with E-state index in [0.29, 0.717) is 39.5 Å². The van der Waals surface area contributed by atoms with E-state index in [1.807, 2.05) is 0 Å². The first-order valence-corrected chi connectivity index (χ1v) is 8.10. The summed E-state index contributed by atoms with van der Waals surface area (Å²) in [5.41, 5.74) is 0.920. The maximum atomic E-state index is 12.6. The van der Waals surface area contributed by atoms with Crippen LogP contribution in [0.15, 0.2) is 47.0 Å². The molecule has 3 rings (SSSR count). The summed E-state index contributed by atoms with van der Waals surface area (Å²) in [5.74, 6) is 1.47. The van der Waals surface area contributed by atoms with Crippen molar-refractivity contribution < 1.29 is 18.8 Å². The van der Waals surface area contributed by atoms with E-state index < -0.39 is 0 Å². The van der Waals surface area contributed by atoms with Crippen LogP contribution in [0.5, 0.6) is 11.5 Å². The average molecular weight is 374 g/mol. The number of benzene rings is 2. The Kier molecular flexibility index (Phi) is 5.38. The van der Waals surface area contributed by atoms with Crippen molar-refractivity contribution in [3.05, 3.63) is 64.8 Å². The number of ether oxygens (including phenoxy) is 2. The number of nitrogens with one attached hydrogen (secondary N) is 1. The number of nitrogens with zero attached hydrogens (tertiary/aromatic N) is 2. The maximum absolute atomic E-state index is 12.6. The summed E-state index contributed by atoms with van der Waals surface area (Å²) in [7, 11) is 1.53. The summed E-state index contributed by atoms with van der Waals surface area (Å²) in [6, 6.07) is 11.9. The van der Waals surface area contributed by atoms with E-state index in [0.717, 1.165) is 0 Å². The third kappa shape index (κ3) is 4.12. The molecule has 1 amide bonds. The van der Waals surface area contributed by atoms with Crippen LogP contribution in [-0.4, -0.2) is 23.2 Å². The lowest BCUT2D eigenvalue weighted by atomic mass is 10.2. The lowest BCUT2D eigenvalue weighted by Gasteiger charge is -2.11. The highest BCUT2D eigenvalue weighted by atomic mass is 35.5. The fourth-order valence-corrected chi connectivity index (χ4v) is 2.52. The summed E-state index contributed by atoms with van der Waals surface area (Å²) >= 11 is 6.09. The average Bonchev–Trinajstić information content (AvgIpc) is 3.05. The number of aryl methyl sites for hydroxylation is 1. The van der Waals surface area contributed by atoms with E-state index in [1.165, 1.54) is 7.11 Å². The summed E-state index contributed by atoms with van der Waals surface area (Å²) in [5, 5.41) is 6.95. The number of amides is 1. The molecule has 0 bridgehead atoms. The number of anilines is 1. The summed E-state index contributed by atoms with van der Waals surface area (Å²) < 4.78 is 15.7. The molecule has 0 spiro atoms. The van der Waals surface area contributed by atoms with Crippen molar-refractivity contribution >= 4 is 23.2 Å². The van der Waals surface area contributed by atoms with Crippen molar-refractivity contribution in [2.45, 2.75) is 13.5 Å². The van der Waals surface area contributed by atoms with Gasteiger partial charge in [-0.2, -0.15) is 4.98 Å². The highest BCUT2D eigenvalue weighted by molar-refractivity contribution is 6.32. The highest BCUT2D eigenvalue weighted by Gasteiger charge is 2.14. The van der Waals surface area contributed by atoms with Gasteiger partial charge >= 0.3 is 0 Å². The first-order chi connectivity index (χ1) is 12.6. The molecule has 0 unspecified atom stereocenters. The Hall–Kier alpha value is -3.06. The van der Waals surface area contributed by atoms with Gasteiger partial charge in [-0.25, -0.2) is 0 Å². The van der Waals surface area contributed by atoms with E-state index in [2.05, 4.69) is 15.5 Å². The monoisotopic (exact) mass is 373 g/mol. The molecule has 0 aliphatic heterocycles. The fourth-order valence-electron chi connectivity index (χ4n) is 2.26. The van der Waals surface area contributed by atoms with Crippen LogP contribution in [-0.2, 0) is 6.61 Å². The van der Waals surface area contributed by atoms with Crippen LogP contribution in [0.3, 0.4) is 0 Å². The molecule has 0 atom stereocenters. The lowest BCUT2D eigenvalue weighted by Crippen LogP contribution is -2.13. The number of rotatable bonds is 6. The normalized spacial score (nSPS) is 10.4. The fraction of sp³-hybridized carbons (Fsp3) is 0.167. The van der Waals surface area contributed by atoms with Crippen molar-refractivity contribution in [3.63, 3.8) is 0 Å². The Bertz CT molecular complexity index is 926. The van der Waals surface area contributed by atoms with Gasteiger partial charge in [0, 0.05) is 12.6 Å². The predicted octanol–water partition coefficient (Wildman–Crippen LogP) is 3.87. The van der Waals surface area contributed by atoms with Gasteiger partial charge in [0.05, 0.1) is 17.7 Å². The first-order valence-electron chi connectivity index (χ1n) is 7.72. The number of para-hydroxylation sites is 1. The van der Waals surface area contributed by atoms with Crippen molar-refractivity contribution in [3.8, 4) is 11.5 Å². The van der Waals surface area contributed by atoms with E-state index in [1.54, 1.807) is 49.4 Å². The van der Waals surface area contributed by atoms with Crippen molar-refractivity contribution in [1.82, 2.24) is 10.1 Å². The smallest absolute Gasteiger partial charge is 0.259 e. The zero-order valence-electron chi connectivity index (χ0n) is 14.2. The Morgan fingerprint density at radius 3 is 2.73 bits per heavy atom. The predicted molar refractivity (Wildman–Crippen MR) is 95.8 cm³/mol. The van der Waals surface area contributed by atoms with E-state index >= 15 is 0 Å². The number of halogens is 1. The summed E-state index contributed by atoms with van der Waals surface area (Å²) in [4.78, 5) is 16.7. The minimum atomic E-state index is -0.328. The first kappa shape index (κ1) is 17.8. The SMILES string of the molecule is COc1ccc(NC(=O)c2ccccc2OCc2noc(C)n2)cc1Cl. The second kappa shape index (κ2) is 7.88. The zero-order chi connectivity index (χ0) is 18.5. The van der Waals surface area contributed by atoms with Crippen LogP contribution < -0.4 is 14.8 Å². The topological polar surface area (TPSA) is 86.5 Å². The molecule has 134 valence electrons. The van der Waals surface area contributed by atoms with Crippen LogP contribution >= 0.6 is 11.6 Å². The van der Waals surface area contributed by atoms with Gasteiger partial charge in [0.2, 0.25) is 11.7 Å². The second-order valence-corrected chi connectivity index (χ2v) is 5.73. The van der Waals surface area contributed by atoms with Crippen molar-refractivity contribution in [2.75, 3.05) is 12.4 Å². The Morgan fingerprint density at radius 1 is 1.23 bits per heavy atom. The van der Waals surface area contributed by atoms with Gasteiger partial charge in [0.15, 0.2) is 6.61 Å². The molecule has 0 saturated heterocycles. The molecular formula is C18H16ClN3O4. The Morgan fingerprint density at radius 2 is 2.04 bits per heavy atom. The Labute approximate surface area is 154 Å². The van der Waals surface area contributed by atoms with Crippen molar-refractivity contribution in [1.29, 1.82) is 0 Å². The van der Waals surface area contributed by atoms with Crippen LogP contribution in [0.25, 0.3) is 0 Å². The largest absolute Gasteiger partial charge is 0.495 e. The molecule has 0 aliphatic rings. The van der Waals surface area contributed by atoms with Crippen LogP contribution in [0.2, 0.25) is 5.02 Å². The molecule has 0 saturated carbocycles. The standard InChI is InChI=1S/C18H16ClN3O4/c1-11-20-17(22-26-11)10-25-15-6-4-3-5-13(15)18(23)21-12-7-8-16(24-2)14(19)9-12/h3-9H,10H2,1-2H3,(H,21,23). The minimum absolute atomic E-state index is 0.0933. The lowest BCUT2D eigenvalue weighted by molar-refractivity contribution is 0.102. The maximum Gasteiger partial charge on any atom is 0.259 e. The van der Waals surface area contributed by atoms with Gasteiger partial charge in [-0.05, 0) is 30.3 Å². The van der Waals surface area contributed by atoms with Crippen LogP contribution in [0, 0.1) is 6.92 Å². The van der Waals surface area contributed by atoms with Crippen LogP contribution in [0.1, 0.15) is 22.1 Å². The molecule has 1 heterocycles. The molecule has 7 nitrogen and oxygen atoms in total. The van der Waals surface area contributed by atoms with E-state index in [-0.39, 0.29) is 12.5 Å². The Balaban J connectivity index is 1.74. The van der Waals surface area contributed by atoms with Gasteiger partial charge in [-0.1, -0.05) is 28.9 Å². The third-order valence-electron chi connectivity index (χ3n) is 3.47. The minimum Gasteiger partial charge on any atom is -0.495 e. The summed E-state index contributed by atoms with van der Waals surface area (Å²) in [6.07, 6.45) is 0. The molecule has 2 aromatic carbocycles. The number of hydrogen-bond donors (Lipinski definition) is 1. The number of hydrogen-bond acceptors (Lipinski definition) is 6. The molecule has 1 aromatic heterocycles. The van der Waals surface area contributed by atoms with Gasteiger partial charge in [0.25, 0.3) is 5.91 Å². The molecule has 1 N–H and O–H groups in total. The summed E-state index contributed by atoms with van der Waals surface area (Å²) in [6.45, 7) is 1.79. The third-order valence-corrected chi connectivity index (χ3v) is 3.76. The van der Waals surface area contributed by atoms with Gasteiger partial charge in [-0.3, -0.25) is 4.79 Å².